The molecule has 1 saturated carbocycles. The Morgan fingerprint density at radius 1 is 1.15 bits per heavy atom. The average molecular weight is 353 g/mol. The maximum absolute atomic E-state index is 11.6. The van der Waals surface area contributed by atoms with Crippen molar-refractivity contribution in [1.29, 1.82) is 0 Å². The van der Waals surface area contributed by atoms with Crippen molar-refractivity contribution in [1.82, 2.24) is 20.9 Å². The molecule has 0 saturated heterocycles. The maximum Gasteiger partial charge on any atom is 0.223 e. The van der Waals surface area contributed by atoms with Crippen molar-refractivity contribution >= 4 is 22.8 Å². The molecule has 138 valence electrons. The van der Waals surface area contributed by atoms with Gasteiger partial charge in [-0.15, -0.1) is 0 Å². The summed E-state index contributed by atoms with van der Waals surface area (Å²) in [5, 5.41) is 10.6. The second-order valence-electron chi connectivity index (χ2n) is 6.49. The number of pyridine rings is 1. The number of benzene rings is 1. The Morgan fingerprint density at radius 3 is 2.77 bits per heavy atom. The molecule has 1 amide bonds. The molecule has 6 heteroatoms. The fraction of sp³-hybridized carbons (Fsp3) is 0.450. The van der Waals surface area contributed by atoms with Crippen LogP contribution in [0.4, 0.5) is 0 Å². The molecule has 0 atom stereocenters. The van der Waals surface area contributed by atoms with Crippen LogP contribution in [0, 0.1) is 5.92 Å². The van der Waals surface area contributed by atoms with Crippen LogP contribution in [0.5, 0.6) is 0 Å². The quantitative estimate of drug-likeness (QED) is 0.385. The first kappa shape index (κ1) is 18.2. The number of rotatable bonds is 8. The van der Waals surface area contributed by atoms with Gasteiger partial charge in [-0.3, -0.25) is 14.8 Å². The molecule has 0 bridgehead atoms. The summed E-state index contributed by atoms with van der Waals surface area (Å²) < 4.78 is 0. The van der Waals surface area contributed by atoms with Crippen LogP contribution in [-0.4, -0.2) is 43.0 Å². The Hall–Kier alpha value is -2.63. The lowest BCUT2D eigenvalue weighted by molar-refractivity contribution is -0.122. The molecular formula is C20H27N5O. The number of nitrogens with one attached hydrogen (secondary N) is 3. The summed E-state index contributed by atoms with van der Waals surface area (Å²) in [7, 11) is 0. The van der Waals surface area contributed by atoms with E-state index in [1.807, 2.05) is 19.2 Å². The largest absolute Gasteiger partial charge is 0.357 e. The number of amides is 1. The van der Waals surface area contributed by atoms with E-state index in [1.54, 1.807) is 0 Å². The van der Waals surface area contributed by atoms with E-state index in [0.29, 0.717) is 19.6 Å². The number of carbonyl (C=O) groups is 1. The van der Waals surface area contributed by atoms with Gasteiger partial charge in [0.15, 0.2) is 5.96 Å². The third kappa shape index (κ3) is 5.18. The number of carbonyl (C=O) groups excluding carboxylic acids is 1. The van der Waals surface area contributed by atoms with E-state index in [-0.39, 0.29) is 11.8 Å². The molecule has 3 rings (SSSR count). The van der Waals surface area contributed by atoms with Crippen LogP contribution in [0.15, 0.2) is 41.5 Å². The van der Waals surface area contributed by atoms with Gasteiger partial charge in [0.1, 0.15) is 0 Å². The Kier molecular flexibility index (Phi) is 6.41. The molecule has 1 aromatic carbocycles. The minimum Gasteiger partial charge on any atom is -0.357 e. The summed E-state index contributed by atoms with van der Waals surface area (Å²) in [6, 6.07) is 10.3. The maximum atomic E-state index is 11.6. The number of fused-ring (bicyclic) bond motifs is 1. The molecule has 6 nitrogen and oxygen atoms in total. The van der Waals surface area contributed by atoms with E-state index in [4.69, 9.17) is 0 Å². The summed E-state index contributed by atoms with van der Waals surface area (Å²) in [5.41, 5.74) is 2.25. The van der Waals surface area contributed by atoms with Crippen LogP contribution in [-0.2, 0) is 11.2 Å². The van der Waals surface area contributed by atoms with Gasteiger partial charge in [-0.25, -0.2) is 0 Å². The monoisotopic (exact) mass is 353 g/mol. The van der Waals surface area contributed by atoms with Gasteiger partial charge in [0.05, 0.1) is 5.52 Å². The summed E-state index contributed by atoms with van der Waals surface area (Å²) >= 11 is 0. The van der Waals surface area contributed by atoms with Gasteiger partial charge in [-0.2, -0.15) is 0 Å². The van der Waals surface area contributed by atoms with Crippen molar-refractivity contribution < 1.29 is 4.79 Å². The molecule has 1 heterocycles. The average Bonchev–Trinajstić information content (AvgIpc) is 3.50. The van der Waals surface area contributed by atoms with Crippen molar-refractivity contribution in [3.63, 3.8) is 0 Å². The van der Waals surface area contributed by atoms with E-state index in [1.165, 1.54) is 5.56 Å². The van der Waals surface area contributed by atoms with Crippen molar-refractivity contribution in [3.05, 3.63) is 42.1 Å². The Balaban J connectivity index is 1.49. The van der Waals surface area contributed by atoms with E-state index >= 15 is 0 Å². The molecule has 2 aromatic rings. The zero-order valence-corrected chi connectivity index (χ0v) is 15.3. The summed E-state index contributed by atoms with van der Waals surface area (Å²) in [6.45, 7) is 4.81. The van der Waals surface area contributed by atoms with Crippen molar-refractivity contribution in [2.24, 2.45) is 10.9 Å². The highest BCUT2D eigenvalue weighted by atomic mass is 16.2. The standard InChI is InChI=1S/C20H27N5O/c1-2-21-20(25-14-13-23-19(26)17-8-9-17)24-12-10-16-6-3-5-15-7-4-11-22-18(15)16/h3-7,11,17H,2,8-10,12-14H2,1H3,(H,23,26)(H2,21,24,25). The Labute approximate surface area is 154 Å². The number of para-hydroxylation sites is 1. The summed E-state index contributed by atoms with van der Waals surface area (Å²) in [4.78, 5) is 20.7. The van der Waals surface area contributed by atoms with E-state index in [9.17, 15) is 4.79 Å². The highest BCUT2D eigenvalue weighted by Crippen LogP contribution is 2.28. The number of hydrogen-bond acceptors (Lipinski definition) is 3. The Morgan fingerprint density at radius 2 is 1.96 bits per heavy atom. The topological polar surface area (TPSA) is 78.4 Å². The van der Waals surface area contributed by atoms with Crippen LogP contribution in [0.2, 0.25) is 0 Å². The smallest absolute Gasteiger partial charge is 0.223 e. The van der Waals surface area contributed by atoms with Crippen molar-refractivity contribution in [2.75, 3.05) is 26.2 Å². The molecule has 0 aliphatic heterocycles. The molecule has 1 aliphatic carbocycles. The fourth-order valence-electron chi connectivity index (χ4n) is 2.86. The highest BCUT2D eigenvalue weighted by molar-refractivity contribution is 5.82. The van der Waals surface area contributed by atoms with Crippen molar-refractivity contribution in [2.45, 2.75) is 26.2 Å². The molecule has 0 radical (unpaired) electrons. The van der Waals surface area contributed by atoms with Gasteiger partial charge < -0.3 is 16.0 Å². The first-order chi connectivity index (χ1) is 12.8. The summed E-state index contributed by atoms with van der Waals surface area (Å²) in [5.74, 6) is 1.21. The molecule has 26 heavy (non-hydrogen) atoms. The van der Waals surface area contributed by atoms with Crippen LogP contribution in [0.3, 0.4) is 0 Å². The van der Waals surface area contributed by atoms with Crippen LogP contribution in [0.25, 0.3) is 10.9 Å². The molecule has 3 N–H and O–H groups in total. The first-order valence-corrected chi connectivity index (χ1v) is 9.40. The van der Waals surface area contributed by atoms with Gasteiger partial charge in [0, 0.05) is 43.7 Å². The zero-order valence-electron chi connectivity index (χ0n) is 15.3. The van der Waals surface area contributed by atoms with Crippen LogP contribution >= 0.6 is 0 Å². The van der Waals surface area contributed by atoms with Crippen LogP contribution in [0.1, 0.15) is 25.3 Å². The third-order valence-corrected chi connectivity index (χ3v) is 4.38. The minimum atomic E-state index is 0.178. The number of aromatic nitrogens is 1. The van der Waals surface area contributed by atoms with Crippen molar-refractivity contribution in [3.8, 4) is 0 Å². The van der Waals surface area contributed by atoms with Gasteiger partial charge in [0.25, 0.3) is 0 Å². The normalized spacial score (nSPS) is 14.3. The molecule has 0 unspecified atom stereocenters. The number of aliphatic imine (C=N–C) groups is 1. The number of nitrogens with zero attached hydrogens (tertiary/aromatic N) is 2. The zero-order chi connectivity index (χ0) is 18.2. The van der Waals surface area contributed by atoms with Gasteiger partial charge in [0.2, 0.25) is 5.91 Å². The van der Waals surface area contributed by atoms with Gasteiger partial charge >= 0.3 is 0 Å². The lowest BCUT2D eigenvalue weighted by Gasteiger charge is -2.12. The lowest BCUT2D eigenvalue weighted by Crippen LogP contribution is -2.41. The van der Waals surface area contributed by atoms with Gasteiger partial charge in [-0.05, 0) is 37.8 Å². The highest BCUT2D eigenvalue weighted by Gasteiger charge is 2.28. The van der Waals surface area contributed by atoms with E-state index < -0.39 is 0 Å². The second kappa shape index (κ2) is 9.17. The van der Waals surface area contributed by atoms with Crippen LogP contribution < -0.4 is 16.0 Å². The molecule has 1 fully saturated rings. The predicted octanol–water partition coefficient (Wildman–Crippen LogP) is 1.86. The minimum absolute atomic E-state index is 0.178. The molecular weight excluding hydrogens is 326 g/mol. The van der Waals surface area contributed by atoms with E-state index in [0.717, 1.165) is 42.7 Å². The number of guanidine groups is 1. The molecule has 1 aliphatic rings. The van der Waals surface area contributed by atoms with Gasteiger partial charge in [-0.1, -0.05) is 24.3 Å². The van der Waals surface area contributed by atoms with E-state index in [2.05, 4.69) is 50.2 Å². The second-order valence-corrected chi connectivity index (χ2v) is 6.49. The first-order valence-electron chi connectivity index (χ1n) is 9.40. The molecule has 1 aromatic heterocycles. The SMILES string of the molecule is CCNC(=NCCc1cccc2cccnc12)NCCNC(=O)C1CC1. The predicted molar refractivity (Wildman–Crippen MR) is 105 cm³/mol. The Bertz CT molecular complexity index is 764. The molecule has 0 spiro atoms. The number of hydrogen-bond donors (Lipinski definition) is 3. The summed E-state index contributed by atoms with van der Waals surface area (Å²) in [6.07, 6.45) is 4.73. The third-order valence-electron chi connectivity index (χ3n) is 4.38. The fourth-order valence-corrected chi connectivity index (χ4v) is 2.86. The lowest BCUT2D eigenvalue weighted by atomic mass is 10.1.